The molecule has 6 heteroatoms. The zero-order chi connectivity index (χ0) is 7.49. The van der Waals surface area contributed by atoms with Crippen LogP contribution in [0.25, 0.3) is 0 Å². The minimum absolute atomic E-state index is 0.760. The van der Waals surface area contributed by atoms with Crippen LogP contribution in [0.15, 0.2) is 0 Å². The van der Waals surface area contributed by atoms with Crippen LogP contribution in [-0.4, -0.2) is 27.1 Å². The average molecular weight is 151 g/mol. The van der Waals surface area contributed by atoms with E-state index >= 15 is 0 Å². The molecule has 0 aliphatic rings. The van der Waals surface area contributed by atoms with Gasteiger partial charge in [0.05, 0.1) is 0 Å². The summed E-state index contributed by atoms with van der Waals surface area (Å²) in [5.74, 6) is -1.87. The zero-order valence-electron chi connectivity index (χ0n) is 4.84. The number of amides is 1. The second-order valence-electron chi connectivity index (χ2n) is 1.39. The summed E-state index contributed by atoms with van der Waals surface area (Å²) in [5, 5.41) is 0. The van der Waals surface area contributed by atoms with Crippen molar-refractivity contribution in [1.82, 2.24) is 10.5 Å². The smallest absolute Gasteiger partial charge is 0.254 e. The first-order valence-corrected chi connectivity index (χ1v) is 3.79. The number of nitrogens with one attached hydrogen (secondary N) is 2. The monoisotopic (exact) mass is 151 g/mol. The van der Waals surface area contributed by atoms with Crippen LogP contribution in [-0.2, 0) is 14.8 Å². The fourth-order valence-electron chi connectivity index (χ4n) is 0.245. The van der Waals surface area contributed by atoms with Crippen LogP contribution in [0.3, 0.4) is 0 Å². The summed E-state index contributed by atoms with van der Waals surface area (Å²) in [6, 6.07) is 0. The molecule has 0 aliphatic carbocycles. The maximum Gasteiger partial charge on any atom is 0.254 e. The summed E-state index contributed by atoms with van der Waals surface area (Å²) in [6.45, 7) is 0. The number of rotatable bonds is 3. The van der Waals surface area contributed by atoms with E-state index in [-0.39, 0.29) is 0 Å². The number of carbonyl (C=O) groups is 1. The van der Waals surface area contributed by atoms with Crippen molar-refractivity contribution in [1.29, 1.82) is 0 Å². The number of hydrogen-bond donors (Lipinski definition) is 1. The fraction of sp³-hybridized carbons (Fsp3) is 0.667. The van der Waals surface area contributed by atoms with Crippen LogP contribution in [0.1, 0.15) is 0 Å². The Bertz CT molecular complexity index is 195. The van der Waals surface area contributed by atoms with E-state index in [0.717, 1.165) is 0 Å². The SMILES string of the molecule is CNS(=O)(=O)CC([NH])=O. The molecule has 2 N–H and O–H groups in total. The van der Waals surface area contributed by atoms with Gasteiger partial charge in [-0.05, 0) is 7.05 Å². The molecule has 1 radical (unpaired) electrons. The van der Waals surface area contributed by atoms with Crippen LogP contribution in [0.5, 0.6) is 0 Å². The van der Waals surface area contributed by atoms with Gasteiger partial charge in [0.25, 0.3) is 5.91 Å². The Morgan fingerprint density at radius 3 is 2.22 bits per heavy atom. The maximum absolute atomic E-state index is 10.4. The molecule has 0 saturated heterocycles. The minimum Gasteiger partial charge on any atom is -0.272 e. The van der Waals surface area contributed by atoms with Gasteiger partial charge in [-0.25, -0.2) is 13.1 Å². The van der Waals surface area contributed by atoms with E-state index in [1.165, 1.54) is 7.05 Å². The third-order valence-corrected chi connectivity index (χ3v) is 1.90. The molecule has 53 valence electrons. The van der Waals surface area contributed by atoms with Gasteiger partial charge in [0.15, 0.2) is 0 Å². The Hall–Kier alpha value is -0.620. The first-order valence-electron chi connectivity index (χ1n) is 2.13. The highest BCUT2D eigenvalue weighted by Gasteiger charge is 2.10. The average Bonchev–Trinajstić information content (AvgIpc) is 1.63. The second kappa shape index (κ2) is 2.79. The van der Waals surface area contributed by atoms with E-state index < -0.39 is 21.7 Å². The Balaban J connectivity index is 4.06. The molecular weight excluding hydrogens is 144 g/mol. The molecule has 0 fully saturated rings. The van der Waals surface area contributed by atoms with Crippen molar-refractivity contribution in [3.05, 3.63) is 0 Å². The molecule has 5 nitrogen and oxygen atoms in total. The molecule has 0 aromatic carbocycles. The van der Waals surface area contributed by atoms with E-state index in [1.807, 2.05) is 4.72 Å². The predicted molar refractivity (Wildman–Crippen MR) is 31.0 cm³/mol. The normalized spacial score (nSPS) is 11.2. The molecule has 1 amide bonds. The summed E-state index contributed by atoms with van der Waals surface area (Å²) in [7, 11) is -2.31. The first kappa shape index (κ1) is 8.38. The lowest BCUT2D eigenvalue weighted by Gasteiger charge is -1.94. The summed E-state index contributed by atoms with van der Waals surface area (Å²) >= 11 is 0. The molecule has 0 rings (SSSR count). The fourth-order valence-corrected chi connectivity index (χ4v) is 0.734. The molecule has 0 bridgehead atoms. The van der Waals surface area contributed by atoms with Crippen molar-refractivity contribution >= 4 is 15.9 Å². The largest absolute Gasteiger partial charge is 0.272 e. The van der Waals surface area contributed by atoms with Gasteiger partial charge >= 0.3 is 0 Å². The van der Waals surface area contributed by atoms with Crippen LogP contribution < -0.4 is 10.5 Å². The first-order chi connectivity index (χ1) is 3.98. The van der Waals surface area contributed by atoms with E-state index in [0.29, 0.717) is 0 Å². The van der Waals surface area contributed by atoms with Crippen molar-refractivity contribution in [3.8, 4) is 0 Å². The molecule has 0 aromatic heterocycles. The standard InChI is InChI=1S/C3H7N2O3S/c1-5-9(7,8)2-3(4)6/h4-5H,2H2,1H3. The van der Waals surface area contributed by atoms with Crippen molar-refractivity contribution in [2.45, 2.75) is 0 Å². The molecule has 0 aromatic rings. The molecule has 0 atom stereocenters. The van der Waals surface area contributed by atoms with Gasteiger partial charge < -0.3 is 0 Å². The number of hydrogen-bond acceptors (Lipinski definition) is 3. The lowest BCUT2D eigenvalue weighted by molar-refractivity contribution is -0.116. The zero-order valence-corrected chi connectivity index (χ0v) is 5.66. The lowest BCUT2D eigenvalue weighted by Crippen LogP contribution is -2.27. The quantitative estimate of drug-likeness (QED) is 0.524. The van der Waals surface area contributed by atoms with Gasteiger partial charge in [-0.15, -0.1) is 0 Å². The highest BCUT2D eigenvalue weighted by Crippen LogP contribution is 1.78. The molecule has 0 aliphatic heterocycles. The van der Waals surface area contributed by atoms with Crippen LogP contribution in [0, 0.1) is 0 Å². The van der Waals surface area contributed by atoms with Gasteiger partial charge in [-0.1, -0.05) is 0 Å². The second-order valence-corrected chi connectivity index (χ2v) is 3.31. The summed E-state index contributed by atoms with van der Waals surface area (Å²) in [4.78, 5) is 9.87. The summed E-state index contributed by atoms with van der Waals surface area (Å²) in [6.07, 6.45) is 0. The van der Waals surface area contributed by atoms with E-state index in [9.17, 15) is 13.2 Å². The Morgan fingerprint density at radius 2 is 2.11 bits per heavy atom. The van der Waals surface area contributed by atoms with E-state index in [1.54, 1.807) is 0 Å². The van der Waals surface area contributed by atoms with Gasteiger partial charge in [0, 0.05) is 0 Å². The van der Waals surface area contributed by atoms with Crippen molar-refractivity contribution < 1.29 is 13.2 Å². The van der Waals surface area contributed by atoms with E-state index in [4.69, 9.17) is 5.73 Å². The van der Waals surface area contributed by atoms with E-state index in [2.05, 4.69) is 0 Å². The molecular formula is C3H7N2O3S. The highest BCUT2D eigenvalue weighted by atomic mass is 32.2. The predicted octanol–water partition coefficient (Wildman–Crippen LogP) is -1.65. The molecule has 0 spiro atoms. The lowest BCUT2D eigenvalue weighted by atomic mass is 10.8. The van der Waals surface area contributed by atoms with Crippen molar-refractivity contribution in [2.75, 3.05) is 12.8 Å². The number of carbonyl (C=O) groups excluding carboxylic acids is 1. The Morgan fingerprint density at radius 1 is 1.67 bits per heavy atom. The molecule has 0 unspecified atom stereocenters. The third-order valence-electron chi connectivity index (χ3n) is 0.632. The Labute approximate surface area is 53.3 Å². The molecule has 0 saturated carbocycles. The summed E-state index contributed by atoms with van der Waals surface area (Å²) in [5.41, 5.74) is 6.28. The van der Waals surface area contributed by atoms with Gasteiger partial charge in [-0.2, -0.15) is 0 Å². The van der Waals surface area contributed by atoms with Gasteiger partial charge in [0.2, 0.25) is 10.0 Å². The van der Waals surface area contributed by atoms with Gasteiger partial charge in [0.1, 0.15) is 5.75 Å². The Kier molecular flexibility index (Phi) is 2.60. The van der Waals surface area contributed by atoms with Crippen LogP contribution in [0.2, 0.25) is 0 Å². The molecule has 0 heterocycles. The van der Waals surface area contributed by atoms with Crippen molar-refractivity contribution in [3.63, 3.8) is 0 Å². The van der Waals surface area contributed by atoms with Crippen molar-refractivity contribution in [2.24, 2.45) is 0 Å². The minimum atomic E-state index is -3.51. The third kappa shape index (κ3) is 3.92. The molecule has 9 heavy (non-hydrogen) atoms. The topological polar surface area (TPSA) is 87.0 Å². The highest BCUT2D eigenvalue weighted by molar-refractivity contribution is 7.90. The van der Waals surface area contributed by atoms with Crippen LogP contribution >= 0.6 is 0 Å². The number of sulfonamides is 1. The van der Waals surface area contributed by atoms with Gasteiger partial charge in [-0.3, -0.25) is 10.5 Å². The van der Waals surface area contributed by atoms with Crippen LogP contribution in [0.4, 0.5) is 0 Å². The summed E-state index contributed by atoms with van der Waals surface area (Å²) < 4.78 is 22.6. The maximum atomic E-state index is 10.4.